The summed E-state index contributed by atoms with van der Waals surface area (Å²) in [5, 5.41) is 8.85. The van der Waals surface area contributed by atoms with E-state index < -0.39 is 9.84 Å². The Morgan fingerprint density at radius 3 is 2.38 bits per heavy atom. The largest absolute Gasteiger partial charge is 0.396 e. The molecule has 21 heavy (non-hydrogen) atoms. The van der Waals surface area contributed by atoms with Crippen molar-refractivity contribution in [3.63, 3.8) is 0 Å². The highest BCUT2D eigenvalue weighted by atomic mass is 32.2. The summed E-state index contributed by atoms with van der Waals surface area (Å²) in [6, 6.07) is 8.13. The molecule has 0 saturated carbocycles. The molecule has 1 aromatic rings. The number of benzene rings is 1. The number of amides is 1. The molecule has 0 radical (unpaired) electrons. The van der Waals surface area contributed by atoms with Crippen molar-refractivity contribution in [1.82, 2.24) is 4.90 Å². The van der Waals surface area contributed by atoms with E-state index in [0.717, 1.165) is 0 Å². The third-order valence-corrected chi connectivity index (χ3v) is 4.92. The van der Waals surface area contributed by atoms with Crippen LogP contribution in [0.3, 0.4) is 0 Å². The molecule has 0 atom stereocenters. The second kappa shape index (κ2) is 8.14. The van der Waals surface area contributed by atoms with Crippen molar-refractivity contribution in [3.05, 3.63) is 30.3 Å². The van der Waals surface area contributed by atoms with Gasteiger partial charge >= 0.3 is 0 Å². The van der Waals surface area contributed by atoms with Crippen molar-refractivity contribution in [3.8, 4) is 0 Å². The average molecular weight is 313 g/mol. The number of nitrogens with zero attached hydrogens (tertiary/aromatic N) is 1. The molecule has 0 spiro atoms. The molecule has 6 heteroatoms. The Kier molecular flexibility index (Phi) is 6.84. The van der Waals surface area contributed by atoms with E-state index in [-0.39, 0.29) is 35.6 Å². The minimum atomic E-state index is -3.43. The first-order valence-electron chi connectivity index (χ1n) is 7.06. The summed E-state index contributed by atoms with van der Waals surface area (Å²) >= 11 is 0. The molecule has 0 aliphatic carbocycles. The van der Waals surface area contributed by atoms with Gasteiger partial charge in [-0.25, -0.2) is 8.42 Å². The predicted molar refractivity (Wildman–Crippen MR) is 81.7 cm³/mol. The topological polar surface area (TPSA) is 74.7 Å². The zero-order valence-corrected chi connectivity index (χ0v) is 13.3. The minimum absolute atomic E-state index is 0.0107. The van der Waals surface area contributed by atoms with E-state index in [0.29, 0.717) is 13.0 Å². The smallest absolute Gasteiger partial charge is 0.223 e. The van der Waals surface area contributed by atoms with E-state index in [1.165, 1.54) is 12.1 Å². The van der Waals surface area contributed by atoms with Crippen LogP contribution in [0.5, 0.6) is 0 Å². The summed E-state index contributed by atoms with van der Waals surface area (Å²) < 4.78 is 24.3. The monoisotopic (exact) mass is 313 g/mol. The maximum atomic E-state index is 12.1. The molecule has 5 nitrogen and oxygen atoms in total. The van der Waals surface area contributed by atoms with Crippen molar-refractivity contribution < 1.29 is 18.3 Å². The molecule has 0 aliphatic heterocycles. The van der Waals surface area contributed by atoms with Gasteiger partial charge in [0.15, 0.2) is 9.84 Å². The Balaban J connectivity index is 2.66. The molecule has 1 amide bonds. The Labute approximate surface area is 126 Å². The van der Waals surface area contributed by atoms with Gasteiger partial charge in [0.05, 0.1) is 10.6 Å². The highest BCUT2D eigenvalue weighted by molar-refractivity contribution is 7.91. The van der Waals surface area contributed by atoms with Crippen molar-refractivity contribution in [2.75, 3.05) is 18.9 Å². The summed E-state index contributed by atoms with van der Waals surface area (Å²) in [6.45, 7) is 4.21. The van der Waals surface area contributed by atoms with Gasteiger partial charge in [-0.1, -0.05) is 18.2 Å². The van der Waals surface area contributed by atoms with Gasteiger partial charge in [-0.05, 0) is 32.4 Å². The maximum Gasteiger partial charge on any atom is 0.223 e. The summed E-state index contributed by atoms with van der Waals surface area (Å²) in [5.41, 5.74) is 0. The number of rotatable bonds is 8. The molecule has 1 aromatic carbocycles. The van der Waals surface area contributed by atoms with Gasteiger partial charge in [0.25, 0.3) is 0 Å². The molecule has 118 valence electrons. The number of aliphatic hydroxyl groups excluding tert-OH is 1. The first-order chi connectivity index (χ1) is 9.88. The van der Waals surface area contributed by atoms with Crippen molar-refractivity contribution >= 4 is 15.7 Å². The van der Waals surface area contributed by atoms with Gasteiger partial charge in [0.2, 0.25) is 5.91 Å². The van der Waals surface area contributed by atoms with Crippen LogP contribution in [0.25, 0.3) is 0 Å². The fraction of sp³-hybridized carbons (Fsp3) is 0.533. The van der Waals surface area contributed by atoms with Gasteiger partial charge in [-0.3, -0.25) is 4.79 Å². The average Bonchev–Trinajstić information content (AvgIpc) is 2.46. The second-order valence-electron chi connectivity index (χ2n) is 5.14. The van der Waals surface area contributed by atoms with E-state index in [2.05, 4.69) is 0 Å². The third-order valence-electron chi connectivity index (χ3n) is 3.19. The summed E-state index contributed by atoms with van der Waals surface area (Å²) in [5.74, 6) is -0.393. The van der Waals surface area contributed by atoms with Gasteiger partial charge in [-0.2, -0.15) is 0 Å². The van der Waals surface area contributed by atoms with E-state index in [4.69, 9.17) is 5.11 Å². The summed E-state index contributed by atoms with van der Waals surface area (Å²) in [4.78, 5) is 14.0. The van der Waals surface area contributed by atoms with Crippen molar-refractivity contribution in [2.24, 2.45) is 0 Å². The molecule has 0 heterocycles. The third kappa shape index (κ3) is 5.47. The Bertz CT molecular complexity index is 540. The van der Waals surface area contributed by atoms with E-state index in [9.17, 15) is 13.2 Å². The van der Waals surface area contributed by atoms with Crippen LogP contribution >= 0.6 is 0 Å². The SMILES string of the molecule is CC(C)N(CCCO)C(=O)CCS(=O)(=O)c1ccccc1. The molecular weight excluding hydrogens is 290 g/mol. The lowest BCUT2D eigenvalue weighted by molar-refractivity contribution is -0.132. The molecule has 1 N–H and O–H groups in total. The Hall–Kier alpha value is -1.40. The number of hydrogen-bond acceptors (Lipinski definition) is 4. The maximum absolute atomic E-state index is 12.1. The standard InChI is InChI=1S/C15H23NO4S/c1-13(2)16(10-6-11-17)15(18)9-12-21(19,20)14-7-4-3-5-8-14/h3-5,7-8,13,17H,6,9-12H2,1-2H3. The number of hydrogen-bond donors (Lipinski definition) is 1. The van der Waals surface area contributed by atoms with E-state index in [1.807, 2.05) is 13.8 Å². The van der Waals surface area contributed by atoms with E-state index in [1.54, 1.807) is 23.1 Å². The predicted octanol–water partition coefficient (Wildman–Crippen LogP) is 1.47. The number of carbonyl (C=O) groups is 1. The molecule has 0 aliphatic rings. The minimum Gasteiger partial charge on any atom is -0.396 e. The summed E-state index contributed by atoms with van der Waals surface area (Å²) in [6.07, 6.45) is 0.455. The summed E-state index contributed by atoms with van der Waals surface area (Å²) in [7, 11) is -3.43. The lowest BCUT2D eigenvalue weighted by atomic mass is 10.2. The fourth-order valence-electron chi connectivity index (χ4n) is 2.02. The molecule has 0 fully saturated rings. The number of sulfone groups is 1. The van der Waals surface area contributed by atoms with E-state index >= 15 is 0 Å². The lowest BCUT2D eigenvalue weighted by Crippen LogP contribution is -2.38. The van der Waals surface area contributed by atoms with Gasteiger partial charge in [0.1, 0.15) is 0 Å². The molecule has 0 aromatic heterocycles. The van der Waals surface area contributed by atoms with Crippen LogP contribution in [0.4, 0.5) is 0 Å². The highest BCUT2D eigenvalue weighted by Crippen LogP contribution is 2.12. The quantitative estimate of drug-likeness (QED) is 0.788. The Morgan fingerprint density at radius 1 is 1.24 bits per heavy atom. The number of carbonyl (C=O) groups excluding carboxylic acids is 1. The van der Waals surface area contributed by atoms with Crippen LogP contribution in [0, 0.1) is 0 Å². The van der Waals surface area contributed by atoms with Crippen LogP contribution in [-0.4, -0.2) is 49.3 Å². The molecule has 0 saturated heterocycles. The van der Waals surface area contributed by atoms with Crippen molar-refractivity contribution in [2.45, 2.75) is 37.6 Å². The zero-order valence-electron chi connectivity index (χ0n) is 12.5. The molecule has 0 unspecified atom stereocenters. The van der Waals surface area contributed by atoms with Crippen LogP contribution in [-0.2, 0) is 14.6 Å². The van der Waals surface area contributed by atoms with Gasteiger partial charge in [-0.15, -0.1) is 0 Å². The Morgan fingerprint density at radius 2 is 1.86 bits per heavy atom. The fourth-order valence-corrected chi connectivity index (χ4v) is 3.27. The van der Waals surface area contributed by atoms with Crippen LogP contribution in [0.15, 0.2) is 35.2 Å². The zero-order chi connectivity index (χ0) is 15.9. The first kappa shape index (κ1) is 17.7. The van der Waals surface area contributed by atoms with Crippen LogP contribution in [0.2, 0.25) is 0 Å². The normalized spacial score (nSPS) is 11.6. The highest BCUT2D eigenvalue weighted by Gasteiger charge is 2.21. The van der Waals surface area contributed by atoms with Gasteiger partial charge < -0.3 is 10.0 Å². The van der Waals surface area contributed by atoms with Gasteiger partial charge in [0, 0.05) is 25.6 Å². The molecule has 1 rings (SSSR count). The van der Waals surface area contributed by atoms with Crippen LogP contribution in [0.1, 0.15) is 26.7 Å². The van der Waals surface area contributed by atoms with Crippen molar-refractivity contribution in [1.29, 1.82) is 0 Å². The molecular formula is C15H23NO4S. The molecule has 0 bridgehead atoms. The first-order valence-corrected chi connectivity index (χ1v) is 8.72. The lowest BCUT2D eigenvalue weighted by Gasteiger charge is -2.26. The second-order valence-corrected chi connectivity index (χ2v) is 7.25. The number of aliphatic hydroxyl groups is 1. The van der Waals surface area contributed by atoms with Crippen LogP contribution < -0.4 is 0 Å².